The molecule has 4 fully saturated rings. The minimum absolute atomic E-state index is 0.278. The number of epoxide rings is 4. The van der Waals surface area contributed by atoms with Crippen LogP contribution in [0.4, 0.5) is 0 Å². The van der Waals surface area contributed by atoms with Crippen molar-refractivity contribution in [2.24, 2.45) is 0 Å². The monoisotopic (exact) mass is 716 g/mol. The molecule has 4 unspecified atom stereocenters. The lowest BCUT2D eigenvalue weighted by atomic mass is 9.98. The second-order valence-corrected chi connectivity index (χ2v) is 14.4. The van der Waals surface area contributed by atoms with Gasteiger partial charge in [-0.1, -0.05) is 121 Å². The predicted octanol–water partition coefficient (Wildman–Crippen LogP) is 9.48. The molecule has 4 heterocycles. The van der Waals surface area contributed by atoms with Crippen LogP contribution in [0.1, 0.15) is 11.1 Å². The Hall–Kier alpha value is -5.24. The summed E-state index contributed by atoms with van der Waals surface area (Å²) in [5, 5.41) is 0. The lowest BCUT2D eigenvalue weighted by molar-refractivity contribution is 0.263. The molecule has 0 aromatic heterocycles. The van der Waals surface area contributed by atoms with Gasteiger partial charge in [0.15, 0.2) is 0 Å². The summed E-state index contributed by atoms with van der Waals surface area (Å²) in [6, 6.07) is 51.5. The Morgan fingerprint density at radius 2 is 0.537 bits per heavy atom. The highest BCUT2D eigenvalue weighted by molar-refractivity contribution is 5.72. The van der Waals surface area contributed by atoms with E-state index in [1.54, 1.807) is 0 Å². The van der Waals surface area contributed by atoms with Crippen LogP contribution in [0.15, 0.2) is 146 Å². The number of rotatable bonds is 14. The first kappa shape index (κ1) is 34.5. The van der Waals surface area contributed by atoms with E-state index < -0.39 is 0 Å². The molecule has 6 aromatic carbocycles. The average Bonchev–Trinajstić information content (AvgIpc) is 4.01. The molecule has 0 bridgehead atoms. The zero-order chi connectivity index (χ0) is 36.1. The molecular weight excluding hydrogens is 673 g/mol. The van der Waals surface area contributed by atoms with Crippen LogP contribution < -0.4 is 9.47 Å². The molecule has 10 rings (SSSR count). The molecule has 6 aromatic rings. The maximum atomic E-state index is 5.70. The van der Waals surface area contributed by atoms with Crippen molar-refractivity contribution in [3.05, 3.63) is 157 Å². The maximum absolute atomic E-state index is 5.70. The van der Waals surface area contributed by atoms with Gasteiger partial charge in [-0.2, -0.15) is 0 Å². The Balaban J connectivity index is 0.000000143. The summed E-state index contributed by atoms with van der Waals surface area (Å²) in [5.74, 6) is 1.76. The summed E-state index contributed by atoms with van der Waals surface area (Å²) < 4.78 is 32.3. The first-order chi connectivity index (χ1) is 26.7. The number of ether oxygens (including phenoxy) is 6. The van der Waals surface area contributed by atoms with E-state index in [1.165, 1.54) is 55.6 Å². The summed E-state index contributed by atoms with van der Waals surface area (Å²) in [7, 11) is 0. The Morgan fingerprint density at radius 1 is 0.315 bits per heavy atom. The first-order valence-corrected chi connectivity index (χ1v) is 19.0. The van der Waals surface area contributed by atoms with Crippen molar-refractivity contribution in [2.45, 2.75) is 37.3 Å². The molecule has 272 valence electrons. The third-order valence-electron chi connectivity index (χ3n) is 10.1. The fraction of sp³-hybridized carbons (Fsp3) is 0.250. The summed E-state index contributed by atoms with van der Waals surface area (Å²) in [6.07, 6.45) is 3.51. The summed E-state index contributed by atoms with van der Waals surface area (Å²) in [4.78, 5) is 0. The fourth-order valence-corrected chi connectivity index (χ4v) is 6.47. The van der Waals surface area contributed by atoms with Gasteiger partial charge in [-0.15, -0.1) is 0 Å². The van der Waals surface area contributed by atoms with Crippen LogP contribution in [0, 0.1) is 0 Å². The SMILES string of the molecule is c1cc(-c2ccc(-c3ccc(CC4CO4)cc3)cc2)ccc1CC1CO1.c1cc(-c2ccc(-c3ccc(OCC4CO4)cc3)cc2)ccc1OCC1CO1. The van der Waals surface area contributed by atoms with Crippen LogP contribution in [-0.4, -0.2) is 64.1 Å². The standard InChI is InChI=1S/C24H22O4.C24H22O2/c1-2-18(20-7-11-22(12-8-20)26-14-24-16-28-24)4-3-17(1)19-5-9-21(10-6-19)25-13-23-15-27-23;1-5-19(6-2-17(1)13-23-15-25-23)21-9-11-22(12-10-21)20-7-3-18(4-8-20)14-24-16-26-24/h1-12,23-24H,13-16H2;1-12,23-24H,13-16H2. The van der Waals surface area contributed by atoms with Gasteiger partial charge in [0.05, 0.1) is 38.6 Å². The van der Waals surface area contributed by atoms with Crippen LogP contribution in [0.25, 0.3) is 44.5 Å². The molecule has 4 saturated heterocycles. The van der Waals surface area contributed by atoms with Crippen molar-refractivity contribution in [1.82, 2.24) is 0 Å². The third-order valence-corrected chi connectivity index (χ3v) is 10.1. The Bertz CT molecular complexity index is 1940. The molecule has 4 atom stereocenters. The highest BCUT2D eigenvalue weighted by atomic mass is 16.6. The topological polar surface area (TPSA) is 68.6 Å². The summed E-state index contributed by atoms with van der Waals surface area (Å²) in [5.41, 5.74) is 12.5. The van der Waals surface area contributed by atoms with Gasteiger partial charge >= 0.3 is 0 Å². The van der Waals surface area contributed by atoms with Gasteiger partial charge < -0.3 is 28.4 Å². The van der Waals surface area contributed by atoms with Crippen molar-refractivity contribution in [2.75, 3.05) is 39.6 Å². The fourth-order valence-electron chi connectivity index (χ4n) is 6.47. The Labute approximate surface area is 317 Å². The first-order valence-electron chi connectivity index (χ1n) is 19.0. The van der Waals surface area contributed by atoms with Crippen LogP contribution >= 0.6 is 0 Å². The summed E-state index contributed by atoms with van der Waals surface area (Å²) >= 11 is 0. The second-order valence-electron chi connectivity index (χ2n) is 14.4. The lowest BCUT2D eigenvalue weighted by Gasteiger charge is -2.08. The molecule has 54 heavy (non-hydrogen) atoms. The molecule has 4 aliphatic rings. The minimum atomic E-state index is 0.278. The minimum Gasteiger partial charge on any atom is -0.491 e. The van der Waals surface area contributed by atoms with Crippen molar-refractivity contribution in [3.8, 4) is 56.0 Å². The molecule has 0 N–H and O–H groups in total. The Kier molecular flexibility index (Phi) is 10.2. The molecule has 6 nitrogen and oxygen atoms in total. The number of benzene rings is 6. The molecule has 0 aliphatic carbocycles. The molecule has 0 amide bonds. The van der Waals surface area contributed by atoms with E-state index in [2.05, 4.69) is 121 Å². The van der Waals surface area contributed by atoms with Gasteiger partial charge in [-0.25, -0.2) is 0 Å². The molecule has 0 spiro atoms. The van der Waals surface area contributed by atoms with Crippen LogP contribution in [-0.2, 0) is 31.8 Å². The van der Waals surface area contributed by atoms with Crippen molar-refractivity contribution >= 4 is 0 Å². The van der Waals surface area contributed by atoms with E-state index in [1.807, 2.05) is 24.3 Å². The van der Waals surface area contributed by atoms with E-state index in [9.17, 15) is 0 Å². The third kappa shape index (κ3) is 9.64. The molecule has 0 radical (unpaired) electrons. The van der Waals surface area contributed by atoms with Crippen molar-refractivity contribution < 1.29 is 28.4 Å². The quantitative estimate of drug-likeness (QED) is 0.105. The van der Waals surface area contributed by atoms with Gasteiger partial charge in [0.25, 0.3) is 0 Å². The molecule has 6 heteroatoms. The maximum Gasteiger partial charge on any atom is 0.119 e. The second kappa shape index (κ2) is 16.0. The largest absolute Gasteiger partial charge is 0.491 e. The zero-order valence-corrected chi connectivity index (χ0v) is 30.3. The van der Waals surface area contributed by atoms with E-state index in [4.69, 9.17) is 28.4 Å². The molecule has 0 saturated carbocycles. The van der Waals surface area contributed by atoms with Gasteiger partial charge in [0.2, 0.25) is 0 Å². The van der Waals surface area contributed by atoms with Gasteiger partial charge in [0.1, 0.15) is 36.9 Å². The highest BCUT2D eigenvalue weighted by Crippen LogP contribution is 2.29. The van der Waals surface area contributed by atoms with Crippen LogP contribution in [0.3, 0.4) is 0 Å². The highest BCUT2D eigenvalue weighted by Gasteiger charge is 2.24. The van der Waals surface area contributed by atoms with E-state index >= 15 is 0 Å². The van der Waals surface area contributed by atoms with Crippen LogP contribution in [0.5, 0.6) is 11.5 Å². The average molecular weight is 717 g/mol. The van der Waals surface area contributed by atoms with E-state index in [0.29, 0.717) is 25.4 Å². The molecule has 4 aliphatic heterocycles. The Morgan fingerprint density at radius 3 is 0.778 bits per heavy atom. The van der Waals surface area contributed by atoms with E-state index in [-0.39, 0.29) is 12.2 Å². The lowest BCUT2D eigenvalue weighted by Crippen LogP contribution is -2.03. The van der Waals surface area contributed by atoms with Gasteiger partial charge in [-0.3, -0.25) is 0 Å². The summed E-state index contributed by atoms with van der Waals surface area (Å²) in [6.45, 7) is 4.72. The van der Waals surface area contributed by atoms with Gasteiger partial charge in [0, 0.05) is 12.8 Å². The predicted molar refractivity (Wildman–Crippen MR) is 212 cm³/mol. The zero-order valence-electron chi connectivity index (χ0n) is 30.3. The number of hydrogen-bond donors (Lipinski definition) is 0. The smallest absolute Gasteiger partial charge is 0.119 e. The van der Waals surface area contributed by atoms with Crippen LogP contribution in [0.2, 0.25) is 0 Å². The van der Waals surface area contributed by atoms with Gasteiger partial charge in [-0.05, 0) is 79.9 Å². The molecular formula is C48H44O6. The normalized spacial score (nSPS) is 20.3. The van der Waals surface area contributed by atoms with E-state index in [0.717, 1.165) is 50.8 Å². The van der Waals surface area contributed by atoms with Crippen molar-refractivity contribution in [3.63, 3.8) is 0 Å². The number of hydrogen-bond acceptors (Lipinski definition) is 6. The van der Waals surface area contributed by atoms with Crippen molar-refractivity contribution in [1.29, 1.82) is 0 Å².